The summed E-state index contributed by atoms with van der Waals surface area (Å²) in [6, 6.07) is 13.6. The second kappa shape index (κ2) is 12.0. The van der Waals surface area contributed by atoms with Gasteiger partial charge >= 0.3 is 0 Å². The molecule has 0 spiro atoms. The summed E-state index contributed by atoms with van der Waals surface area (Å²) in [5.41, 5.74) is 1.54. The number of halogens is 3. The van der Waals surface area contributed by atoms with Crippen LogP contribution in [-0.4, -0.2) is 61.2 Å². The fraction of sp³-hybridized carbons (Fsp3) is 0.381. The van der Waals surface area contributed by atoms with Gasteiger partial charge in [0.15, 0.2) is 5.78 Å². The van der Waals surface area contributed by atoms with Crippen LogP contribution in [0.15, 0.2) is 48.5 Å². The maximum Gasteiger partial charge on any atom is 0.163 e. The molecule has 1 saturated heterocycles. The Labute approximate surface area is 183 Å². The monoisotopic (exact) mass is 444 g/mol. The number of carbonyl (C=O) groups excluding carboxylic acids is 1. The summed E-state index contributed by atoms with van der Waals surface area (Å²) in [5.74, 6) is 0.217. The highest BCUT2D eigenvalue weighted by Gasteiger charge is 2.20. The predicted octanol–water partition coefficient (Wildman–Crippen LogP) is 3.43. The minimum Gasteiger partial charge on any atom is -0.490 e. The fourth-order valence-corrected chi connectivity index (χ4v) is 3.26. The van der Waals surface area contributed by atoms with Crippen molar-refractivity contribution in [2.75, 3.05) is 44.2 Å². The summed E-state index contributed by atoms with van der Waals surface area (Å²) in [7, 11) is 0. The molecule has 29 heavy (non-hydrogen) atoms. The minimum absolute atomic E-state index is 0. The van der Waals surface area contributed by atoms with Gasteiger partial charge in [0.05, 0.1) is 5.56 Å². The van der Waals surface area contributed by atoms with E-state index in [1.165, 1.54) is 19.1 Å². The maximum absolute atomic E-state index is 13.0. The first-order valence-electron chi connectivity index (χ1n) is 9.16. The molecule has 160 valence electrons. The van der Waals surface area contributed by atoms with E-state index in [1.54, 1.807) is 30.3 Å². The van der Waals surface area contributed by atoms with Crippen LogP contribution in [0.2, 0.25) is 0 Å². The Balaban J connectivity index is 0.00000210. The van der Waals surface area contributed by atoms with Gasteiger partial charge in [0.25, 0.3) is 0 Å². The third-order valence-corrected chi connectivity index (χ3v) is 4.73. The highest BCUT2D eigenvalue weighted by molar-refractivity contribution is 5.96. The van der Waals surface area contributed by atoms with E-state index in [4.69, 9.17) is 4.74 Å². The molecule has 1 aliphatic rings. The SMILES string of the molecule is CC(=O)c1ccccc1OCC(O)CN1CCN(c2ccc(F)cc2)CC1.Cl.Cl. The van der Waals surface area contributed by atoms with Crippen molar-refractivity contribution in [3.63, 3.8) is 0 Å². The van der Waals surface area contributed by atoms with Gasteiger partial charge in [-0.1, -0.05) is 12.1 Å². The average molecular weight is 445 g/mol. The molecule has 1 heterocycles. The zero-order chi connectivity index (χ0) is 19.2. The summed E-state index contributed by atoms with van der Waals surface area (Å²) >= 11 is 0. The molecule has 0 saturated carbocycles. The number of nitrogens with zero attached hydrogens (tertiary/aromatic N) is 2. The lowest BCUT2D eigenvalue weighted by molar-refractivity contribution is 0.0656. The number of ketones is 1. The van der Waals surface area contributed by atoms with E-state index in [1.807, 2.05) is 6.07 Å². The molecular weight excluding hydrogens is 418 g/mol. The number of para-hydroxylation sites is 1. The van der Waals surface area contributed by atoms with E-state index in [0.717, 1.165) is 31.9 Å². The Morgan fingerprint density at radius 2 is 1.69 bits per heavy atom. The van der Waals surface area contributed by atoms with E-state index in [-0.39, 0.29) is 43.0 Å². The van der Waals surface area contributed by atoms with Gasteiger partial charge in [-0.2, -0.15) is 0 Å². The Morgan fingerprint density at radius 1 is 1.07 bits per heavy atom. The second-order valence-electron chi connectivity index (χ2n) is 6.78. The van der Waals surface area contributed by atoms with Crippen molar-refractivity contribution in [3.05, 3.63) is 59.9 Å². The molecule has 8 heteroatoms. The lowest BCUT2D eigenvalue weighted by Crippen LogP contribution is -2.49. The number of aliphatic hydroxyl groups excluding tert-OH is 1. The maximum atomic E-state index is 13.0. The molecule has 1 atom stereocenters. The average Bonchev–Trinajstić information content (AvgIpc) is 2.68. The van der Waals surface area contributed by atoms with E-state index in [9.17, 15) is 14.3 Å². The van der Waals surface area contributed by atoms with Crippen LogP contribution in [-0.2, 0) is 0 Å². The number of hydrogen-bond donors (Lipinski definition) is 1. The minimum atomic E-state index is -0.637. The van der Waals surface area contributed by atoms with Gasteiger partial charge in [0.2, 0.25) is 0 Å². The summed E-state index contributed by atoms with van der Waals surface area (Å²) < 4.78 is 18.7. The van der Waals surface area contributed by atoms with Crippen molar-refractivity contribution in [2.45, 2.75) is 13.0 Å². The predicted molar refractivity (Wildman–Crippen MR) is 117 cm³/mol. The second-order valence-corrected chi connectivity index (χ2v) is 6.78. The van der Waals surface area contributed by atoms with Gasteiger partial charge in [-0.05, 0) is 43.3 Å². The highest BCUT2D eigenvalue weighted by atomic mass is 35.5. The van der Waals surface area contributed by atoms with Crippen molar-refractivity contribution in [2.24, 2.45) is 0 Å². The molecule has 2 aromatic rings. The number of Topliss-reactive ketones (excluding diaryl/α,β-unsaturated/α-hetero) is 1. The van der Waals surface area contributed by atoms with Gasteiger partial charge in [0, 0.05) is 38.4 Å². The number of benzene rings is 2. The van der Waals surface area contributed by atoms with Crippen LogP contribution in [0.5, 0.6) is 5.75 Å². The van der Waals surface area contributed by atoms with Crippen LogP contribution >= 0.6 is 24.8 Å². The van der Waals surface area contributed by atoms with Crippen molar-refractivity contribution in [1.29, 1.82) is 0 Å². The van der Waals surface area contributed by atoms with E-state index >= 15 is 0 Å². The number of rotatable bonds is 7. The third-order valence-electron chi connectivity index (χ3n) is 4.73. The largest absolute Gasteiger partial charge is 0.490 e. The zero-order valence-electron chi connectivity index (χ0n) is 16.3. The summed E-state index contributed by atoms with van der Waals surface area (Å²) in [4.78, 5) is 16.0. The normalized spacial score (nSPS) is 15.1. The van der Waals surface area contributed by atoms with E-state index in [2.05, 4.69) is 9.80 Å². The molecule has 0 amide bonds. The molecule has 1 N–H and O–H groups in total. The van der Waals surface area contributed by atoms with Crippen LogP contribution in [0.4, 0.5) is 10.1 Å². The number of piperazine rings is 1. The molecular formula is C21H27Cl2FN2O3. The number of ether oxygens (including phenoxy) is 1. The van der Waals surface area contributed by atoms with Crippen molar-refractivity contribution in [3.8, 4) is 5.75 Å². The highest BCUT2D eigenvalue weighted by Crippen LogP contribution is 2.19. The molecule has 1 unspecified atom stereocenters. The van der Waals surface area contributed by atoms with Gasteiger partial charge in [-0.25, -0.2) is 4.39 Å². The Bertz CT molecular complexity index is 769. The lowest BCUT2D eigenvalue weighted by atomic mass is 10.1. The number of β-amino-alcohol motifs (C(OH)–C–C–N with tert-alkyl or cyclic N) is 1. The Morgan fingerprint density at radius 3 is 2.31 bits per heavy atom. The number of carbonyl (C=O) groups is 1. The van der Waals surface area contributed by atoms with E-state index < -0.39 is 6.10 Å². The van der Waals surface area contributed by atoms with Crippen molar-refractivity contribution < 1.29 is 19.0 Å². The molecule has 0 bridgehead atoms. The first-order chi connectivity index (χ1) is 13.0. The molecule has 0 aliphatic carbocycles. The zero-order valence-corrected chi connectivity index (χ0v) is 17.9. The number of aliphatic hydroxyl groups is 1. The molecule has 5 nitrogen and oxygen atoms in total. The third kappa shape index (κ3) is 7.16. The standard InChI is InChI=1S/C21H25FN2O3.2ClH/c1-16(25)20-4-2-3-5-21(20)27-15-19(26)14-23-10-12-24(13-11-23)18-8-6-17(22)7-9-18;;/h2-9,19,26H,10-15H2,1H3;2*1H. The van der Waals surface area contributed by atoms with Crippen LogP contribution < -0.4 is 9.64 Å². The fourth-order valence-electron chi connectivity index (χ4n) is 3.26. The van der Waals surface area contributed by atoms with Crippen LogP contribution in [0.3, 0.4) is 0 Å². The summed E-state index contributed by atoms with van der Waals surface area (Å²) in [5, 5.41) is 10.3. The van der Waals surface area contributed by atoms with Gasteiger partial charge in [-0.15, -0.1) is 24.8 Å². The van der Waals surface area contributed by atoms with Crippen molar-refractivity contribution in [1.82, 2.24) is 4.90 Å². The molecule has 1 aliphatic heterocycles. The smallest absolute Gasteiger partial charge is 0.163 e. The summed E-state index contributed by atoms with van der Waals surface area (Å²) in [6.45, 7) is 5.44. The molecule has 1 fully saturated rings. The quantitative estimate of drug-likeness (QED) is 0.662. The van der Waals surface area contributed by atoms with E-state index in [0.29, 0.717) is 17.9 Å². The lowest BCUT2D eigenvalue weighted by Gasteiger charge is -2.36. The first kappa shape index (κ1) is 25.2. The number of hydrogen-bond acceptors (Lipinski definition) is 5. The topological polar surface area (TPSA) is 53.0 Å². The Hall–Kier alpha value is -1.86. The molecule has 0 aromatic heterocycles. The summed E-state index contributed by atoms with van der Waals surface area (Å²) in [6.07, 6.45) is -0.637. The van der Waals surface area contributed by atoms with Crippen LogP contribution in [0, 0.1) is 5.82 Å². The molecule has 0 radical (unpaired) electrons. The van der Waals surface area contributed by atoms with Crippen LogP contribution in [0.1, 0.15) is 17.3 Å². The molecule has 2 aromatic carbocycles. The van der Waals surface area contributed by atoms with Gasteiger partial charge in [-0.3, -0.25) is 9.69 Å². The van der Waals surface area contributed by atoms with Crippen LogP contribution in [0.25, 0.3) is 0 Å². The van der Waals surface area contributed by atoms with Gasteiger partial charge < -0.3 is 14.7 Å². The Kier molecular flexibility index (Phi) is 10.4. The number of anilines is 1. The van der Waals surface area contributed by atoms with Crippen molar-refractivity contribution >= 4 is 36.3 Å². The first-order valence-corrected chi connectivity index (χ1v) is 9.16. The molecule has 3 rings (SSSR count). The van der Waals surface area contributed by atoms with Gasteiger partial charge in [0.1, 0.15) is 24.3 Å².